The highest BCUT2D eigenvalue weighted by atomic mass is 31.2. The predicted octanol–water partition coefficient (Wildman–Crippen LogP) is 18.0. The first kappa shape index (κ1) is 70.7. The summed E-state index contributed by atoms with van der Waals surface area (Å²) in [6, 6.07) is -0.900. The van der Waals surface area contributed by atoms with E-state index in [0.29, 0.717) is 23.9 Å². The van der Waals surface area contributed by atoms with Gasteiger partial charge in [-0.1, -0.05) is 249 Å². The third-order valence-electron chi connectivity index (χ3n) is 13.5. The van der Waals surface area contributed by atoms with Crippen LogP contribution in [0.2, 0.25) is 0 Å². The van der Waals surface area contributed by atoms with Crippen LogP contribution >= 0.6 is 7.82 Å². The lowest BCUT2D eigenvalue weighted by Crippen LogP contribution is -2.47. The average Bonchev–Trinajstić information content (AvgIpc) is 3.35. The summed E-state index contributed by atoms with van der Waals surface area (Å²) in [4.78, 5) is 39.9. The number of likely N-dealkylation sites (N-methyl/N-ethyl adjacent to an activating group) is 1. The van der Waals surface area contributed by atoms with E-state index in [9.17, 15) is 19.0 Å². The van der Waals surface area contributed by atoms with Gasteiger partial charge in [0, 0.05) is 12.8 Å². The number of carbonyl (C=O) groups excluding carboxylic acids is 2. The number of hydrogen-bond donors (Lipinski definition) is 1. The maximum Gasteiger partial charge on any atom is 0.306 e. The van der Waals surface area contributed by atoms with Crippen molar-refractivity contribution in [3.8, 4) is 0 Å². The normalized spacial score (nSPS) is 14.1. The molecule has 0 heterocycles. The second kappa shape index (κ2) is 53.1. The zero-order chi connectivity index (χ0) is 53.6. The Balaban J connectivity index is 5.29. The fourth-order valence-electron chi connectivity index (χ4n) is 8.68. The number of nitrogens with zero attached hydrogens (tertiary/aromatic N) is 1. The highest BCUT2D eigenvalue weighted by molar-refractivity contribution is 7.45. The van der Waals surface area contributed by atoms with Crippen LogP contribution in [0, 0.1) is 0 Å². The van der Waals surface area contributed by atoms with Crippen LogP contribution < -0.4 is 10.2 Å². The van der Waals surface area contributed by atoms with Crippen LogP contribution in [0.5, 0.6) is 0 Å². The third-order valence-corrected chi connectivity index (χ3v) is 14.4. The Labute approximate surface area is 451 Å². The van der Waals surface area contributed by atoms with Crippen LogP contribution in [0.4, 0.5) is 0 Å². The molecule has 0 aromatic carbocycles. The van der Waals surface area contributed by atoms with Gasteiger partial charge in [-0.05, 0) is 76.7 Å². The van der Waals surface area contributed by atoms with Gasteiger partial charge in [0.1, 0.15) is 19.3 Å². The predicted molar refractivity (Wildman–Crippen MR) is 312 cm³/mol. The Hall–Kier alpha value is -2.29. The van der Waals surface area contributed by atoms with Gasteiger partial charge < -0.3 is 28.5 Å². The maximum atomic E-state index is 13.5. The summed E-state index contributed by atoms with van der Waals surface area (Å²) in [5, 5.41) is 3.02. The molecule has 0 aliphatic rings. The van der Waals surface area contributed by atoms with Crippen LogP contribution in [0.25, 0.3) is 0 Å². The minimum absolute atomic E-state index is 0.0277. The fraction of sp³-hybridized carbons (Fsp3) is 0.810. The number of nitrogens with one attached hydrogen (secondary N) is 1. The third kappa shape index (κ3) is 54.3. The van der Waals surface area contributed by atoms with Crippen molar-refractivity contribution in [1.29, 1.82) is 0 Å². The topological polar surface area (TPSA) is 114 Å². The van der Waals surface area contributed by atoms with Crippen molar-refractivity contribution in [3.63, 3.8) is 0 Å². The molecule has 0 aromatic rings. The van der Waals surface area contributed by atoms with Gasteiger partial charge in [-0.3, -0.25) is 14.2 Å². The second-order valence-corrected chi connectivity index (χ2v) is 23.3. The molecule has 0 aliphatic heterocycles. The number of quaternary nitrogens is 1. The molecule has 0 aromatic heterocycles. The van der Waals surface area contributed by atoms with Crippen molar-refractivity contribution in [2.45, 2.75) is 290 Å². The first-order chi connectivity index (χ1) is 35.4. The molecule has 0 bridgehead atoms. The number of ether oxygens (including phenoxy) is 1. The standard InChI is InChI=1S/C63H117N2O7P/c1-7-10-13-16-19-22-25-27-29-31-32-34-36-38-41-44-47-50-53-56-63(67)72-61(54-51-48-45-42-39-24-21-18-15-12-9-3)60(59-71-73(68,69)70-58-57-65(4,5)6)64-62(66)55-52-49-46-43-40-37-35-33-30-28-26-23-20-17-14-11-8-2/h19,22,27,29,32,34,38,41,51,54,60-61H,7-18,20-21,23-26,28,30-31,33,35-37,39-40,42-50,52-53,55-59H2,1-6H3,(H-,64,66,68,69)/b22-19-,29-27-,34-32-,41-38-,54-51+. The summed E-state index contributed by atoms with van der Waals surface area (Å²) in [5.74, 6) is -0.571. The number of carbonyl (C=O) groups is 2. The van der Waals surface area contributed by atoms with E-state index in [0.717, 1.165) is 77.0 Å². The zero-order valence-corrected chi connectivity index (χ0v) is 49.5. The van der Waals surface area contributed by atoms with Crippen LogP contribution in [-0.2, 0) is 27.9 Å². The number of amides is 1. The molecule has 0 rings (SSSR count). The smallest absolute Gasteiger partial charge is 0.306 e. The number of hydrogen-bond acceptors (Lipinski definition) is 7. The Morgan fingerprint density at radius 2 is 0.836 bits per heavy atom. The van der Waals surface area contributed by atoms with Crippen LogP contribution in [0.1, 0.15) is 278 Å². The lowest BCUT2D eigenvalue weighted by atomic mass is 10.0. The molecule has 0 saturated carbocycles. The minimum atomic E-state index is -4.70. The van der Waals surface area contributed by atoms with E-state index in [2.05, 4.69) is 74.7 Å². The highest BCUT2D eigenvalue weighted by Crippen LogP contribution is 2.38. The van der Waals surface area contributed by atoms with E-state index in [1.807, 2.05) is 33.3 Å². The SMILES string of the molecule is CCCCC/C=C\C/C=C\C/C=C\C/C=C\CCCCCC(=O)OC(/C=C/CCCCCCCCCCC)C(COP(=O)([O-])OCC[N+](C)(C)C)NC(=O)CCCCCCCCCCCCCCCCCCC. The summed E-state index contributed by atoms with van der Waals surface area (Å²) in [7, 11) is 1.17. The first-order valence-corrected chi connectivity index (χ1v) is 32.1. The van der Waals surface area contributed by atoms with Crippen LogP contribution in [-0.4, -0.2) is 69.4 Å². The molecule has 0 fully saturated rings. The lowest BCUT2D eigenvalue weighted by Gasteiger charge is -2.30. The van der Waals surface area contributed by atoms with Crippen LogP contribution in [0.3, 0.4) is 0 Å². The number of phosphoric acid groups is 1. The Morgan fingerprint density at radius 1 is 0.479 bits per heavy atom. The molecule has 9 nitrogen and oxygen atoms in total. The van der Waals surface area contributed by atoms with Crippen molar-refractivity contribution in [2.24, 2.45) is 0 Å². The summed E-state index contributed by atoms with van der Waals surface area (Å²) in [5.41, 5.74) is 0. The molecule has 3 unspecified atom stereocenters. The van der Waals surface area contributed by atoms with Crippen molar-refractivity contribution in [1.82, 2.24) is 5.32 Å². The van der Waals surface area contributed by atoms with E-state index in [1.54, 1.807) is 0 Å². The average molecular weight is 1050 g/mol. The first-order valence-electron chi connectivity index (χ1n) is 30.6. The van der Waals surface area contributed by atoms with Crippen molar-refractivity contribution < 1.29 is 37.3 Å². The zero-order valence-electron chi connectivity index (χ0n) is 48.6. The minimum Gasteiger partial charge on any atom is -0.756 e. The molecule has 0 radical (unpaired) electrons. The number of unbranched alkanes of at least 4 members (excludes halogenated alkanes) is 31. The van der Waals surface area contributed by atoms with Gasteiger partial charge >= 0.3 is 5.97 Å². The molecule has 0 aliphatic carbocycles. The molecular formula is C63H117N2O7P. The summed E-state index contributed by atoms with van der Waals surface area (Å²) in [6.07, 6.45) is 66.1. The lowest BCUT2D eigenvalue weighted by molar-refractivity contribution is -0.870. The summed E-state index contributed by atoms with van der Waals surface area (Å²) in [6.45, 7) is 6.80. The largest absolute Gasteiger partial charge is 0.756 e. The van der Waals surface area contributed by atoms with Gasteiger partial charge in [-0.2, -0.15) is 0 Å². The molecule has 0 spiro atoms. The Kier molecular flexibility index (Phi) is 51.5. The molecule has 0 saturated heterocycles. The van der Waals surface area contributed by atoms with E-state index in [4.69, 9.17) is 13.8 Å². The van der Waals surface area contributed by atoms with Crippen molar-refractivity contribution >= 4 is 19.7 Å². The van der Waals surface area contributed by atoms with E-state index < -0.39 is 26.6 Å². The number of rotatable bonds is 55. The molecule has 426 valence electrons. The molecule has 3 atom stereocenters. The number of phosphoric ester groups is 1. The second-order valence-electron chi connectivity index (χ2n) is 21.9. The quantitative estimate of drug-likeness (QED) is 0.0212. The Bertz CT molecular complexity index is 1440. The maximum absolute atomic E-state index is 13.5. The summed E-state index contributed by atoms with van der Waals surface area (Å²) < 4.78 is 30.3. The van der Waals surface area contributed by atoms with Gasteiger partial charge in [-0.15, -0.1) is 0 Å². The van der Waals surface area contributed by atoms with E-state index >= 15 is 0 Å². The molecular weight excluding hydrogens is 928 g/mol. The number of allylic oxidation sites excluding steroid dienone is 9. The monoisotopic (exact) mass is 1040 g/mol. The van der Waals surface area contributed by atoms with Crippen molar-refractivity contribution in [3.05, 3.63) is 60.8 Å². The van der Waals surface area contributed by atoms with Gasteiger partial charge in [0.05, 0.1) is 33.8 Å². The van der Waals surface area contributed by atoms with Gasteiger partial charge in [0.2, 0.25) is 5.91 Å². The van der Waals surface area contributed by atoms with Crippen LogP contribution in [0.15, 0.2) is 60.8 Å². The van der Waals surface area contributed by atoms with Gasteiger partial charge in [-0.25, -0.2) is 0 Å². The highest BCUT2D eigenvalue weighted by Gasteiger charge is 2.27. The number of esters is 1. The fourth-order valence-corrected chi connectivity index (χ4v) is 9.41. The molecule has 10 heteroatoms. The molecule has 73 heavy (non-hydrogen) atoms. The molecule has 1 N–H and O–H groups in total. The summed E-state index contributed by atoms with van der Waals surface area (Å²) >= 11 is 0. The molecule has 1 amide bonds. The Morgan fingerprint density at radius 3 is 1.29 bits per heavy atom. The van der Waals surface area contributed by atoms with E-state index in [1.165, 1.54) is 161 Å². The van der Waals surface area contributed by atoms with Gasteiger partial charge in [0.15, 0.2) is 0 Å². The van der Waals surface area contributed by atoms with E-state index in [-0.39, 0.29) is 24.9 Å². The van der Waals surface area contributed by atoms with Gasteiger partial charge in [0.25, 0.3) is 7.82 Å². The van der Waals surface area contributed by atoms with Crippen molar-refractivity contribution in [2.75, 3.05) is 40.9 Å².